The van der Waals surface area contributed by atoms with E-state index in [9.17, 15) is 13.2 Å². The molecule has 27 heavy (non-hydrogen) atoms. The van der Waals surface area contributed by atoms with Crippen molar-refractivity contribution in [2.75, 3.05) is 32.9 Å². The third kappa shape index (κ3) is 6.50. The summed E-state index contributed by atoms with van der Waals surface area (Å²) in [5.41, 5.74) is 1.35. The first-order valence-electron chi connectivity index (χ1n) is 9.67. The number of likely N-dealkylation sites (tertiary alicyclic amines) is 1. The molecule has 7 heteroatoms. The summed E-state index contributed by atoms with van der Waals surface area (Å²) in [4.78, 5) is 16.4. The van der Waals surface area contributed by atoms with Crippen LogP contribution in [-0.4, -0.2) is 74.5 Å². The summed E-state index contributed by atoms with van der Waals surface area (Å²) in [5, 5.41) is 2.48. The van der Waals surface area contributed by atoms with Gasteiger partial charge in [-0.2, -0.15) is 0 Å². The van der Waals surface area contributed by atoms with E-state index in [4.69, 9.17) is 0 Å². The third-order valence-electron chi connectivity index (χ3n) is 5.76. The summed E-state index contributed by atoms with van der Waals surface area (Å²) < 4.78 is 23.5. The molecule has 0 aliphatic carbocycles. The molecule has 2 rings (SSSR count). The highest BCUT2D eigenvalue weighted by Gasteiger charge is 2.29. The van der Waals surface area contributed by atoms with Gasteiger partial charge in [-0.15, -0.1) is 0 Å². The van der Waals surface area contributed by atoms with Crippen LogP contribution in [0.1, 0.15) is 32.3 Å². The maximum atomic E-state index is 12.5. The van der Waals surface area contributed by atoms with Gasteiger partial charge in [-0.3, -0.25) is 0 Å². The Bertz CT molecular complexity index is 700. The Kier molecular flexibility index (Phi) is 7.68. The van der Waals surface area contributed by atoms with Gasteiger partial charge in [0.25, 0.3) is 0 Å². The van der Waals surface area contributed by atoms with E-state index >= 15 is 0 Å². The van der Waals surface area contributed by atoms with Gasteiger partial charge in [0.05, 0.1) is 5.25 Å². The number of carbonyl (C=O) groups excluding carboxylic acids is 1. The van der Waals surface area contributed by atoms with Gasteiger partial charge in [-0.1, -0.05) is 30.3 Å². The number of carbonyl (C=O) groups is 1. The van der Waals surface area contributed by atoms with Crippen LogP contribution in [-0.2, 0) is 16.3 Å². The van der Waals surface area contributed by atoms with Crippen molar-refractivity contribution in [2.45, 2.75) is 50.4 Å². The van der Waals surface area contributed by atoms with Gasteiger partial charge < -0.3 is 15.1 Å². The molecular formula is C20H33N3O3S. The summed E-state index contributed by atoms with van der Waals surface area (Å²) in [6.45, 7) is 6.40. The van der Waals surface area contributed by atoms with Crippen molar-refractivity contribution < 1.29 is 13.2 Å². The van der Waals surface area contributed by atoms with E-state index in [1.165, 1.54) is 16.7 Å². The van der Waals surface area contributed by atoms with Gasteiger partial charge in [-0.25, -0.2) is 13.2 Å². The lowest BCUT2D eigenvalue weighted by molar-refractivity contribution is 0.170. The number of rotatable bonds is 7. The molecule has 0 spiro atoms. The summed E-state index contributed by atoms with van der Waals surface area (Å²) in [7, 11) is -1.52. The van der Waals surface area contributed by atoms with E-state index in [1.807, 2.05) is 6.07 Å². The SMILES string of the molecule is CC(C(C)S(C)(=O)=O)N(C)C(=O)NC1CCN(CCc2ccccc2)CC1. The fourth-order valence-electron chi connectivity index (χ4n) is 3.37. The Hall–Kier alpha value is -1.60. The van der Waals surface area contributed by atoms with Crippen molar-refractivity contribution in [3.8, 4) is 0 Å². The fraction of sp³-hybridized carbons (Fsp3) is 0.650. The number of amides is 2. The molecule has 0 saturated carbocycles. The van der Waals surface area contributed by atoms with Crippen molar-refractivity contribution in [1.82, 2.24) is 15.1 Å². The molecule has 1 aliphatic rings. The van der Waals surface area contributed by atoms with Gasteiger partial charge in [0.2, 0.25) is 0 Å². The van der Waals surface area contributed by atoms with Crippen molar-refractivity contribution in [3.05, 3.63) is 35.9 Å². The minimum atomic E-state index is -3.18. The van der Waals surface area contributed by atoms with E-state index in [2.05, 4.69) is 34.5 Å². The molecule has 2 atom stereocenters. The third-order valence-corrected chi connectivity index (χ3v) is 7.51. The minimum absolute atomic E-state index is 0.147. The number of benzene rings is 1. The predicted octanol–water partition coefficient (Wildman–Crippen LogP) is 2.16. The second-order valence-corrected chi connectivity index (χ2v) is 10.1. The number of sulfone groups is 1. The molecule has 1 aromatic rings. The van der Waals surface area contributed by atoms with Gasteiger partial charge in [0, 0.05) is 45.0 Å². The standard InChI is InChI=1S/C20H33N3O3S/c1-16(17(2)27(4,25)26)22(3)20(24)21-19-11-14-23(15-12-19)13-10-18-8-6-5-7-9-18/h5-9,16-17,19H,10-15H2,1-4H3,(H,21,24). The Morgan fingerprint density at radius 3 is 2.37 bits per heavy atom. The van der Waals surface area contributed by atoms with Crippen molar-refractivity contribution in [3.63, 3.8) is 0 Å². The maximum Gasteiger partial charge on any atom is 0.317 e. The zero-order valence-corrected chi connectivity index (χ0v) is 17.7. The molecule has 1 N–H and O–H groups in total. The largest absolute Gasteiger partial charge is 0.335 e. The molecule has 0 aromatic heterocycles. The number of urea groups is 1. The van der Waals surface area contributed by atoms with Crippen LogP contribution in [0.2, 0.25) is 0 Å². The molecule has 1 heterocycles. The average molecular weight is 396 g/mol. The first kappa shape index (κ1) is 21.7. The Labute approximate surface area is 163 Å². The van der Waals surface area contributed by atoms with Crippen LogP contribution >= 0.6 is 0 Å². The first-order chi connectivity index (χ1) is 12.7. The number of hydrogen-bond acceptors (Lipinski definition) is 4. The smallest absolute Gasteiger partial charge is 0.317 e. The molecular weight excluding hydrogens is 362 g/mol. The molecule has 2 unspecified atom stereocenters. The van der Waals surface area contributed by atoms with Crippen LogP contribution in [0.5, 0.6) is 0 Å². The van der Waals surface area contributed by atoms with Gasteiger partial charge in [0.15, 0.2) is 9.84 Å². The Balaban J connectivity index is 1.75. The van der Waals surface area contributed by atoms with Crippen LogP contribution in [0.3, 0.4) is 0 Å². The molecule has 152 valence electrons. The molecule has 1 saturated heterocycles. The zero-order valence-electron chi connectivity index (χ0n) is 16.9. The molecule has 1 fully saturated rings. The number of nitrogens with zero attached hydrogens (tertiary/aromatic N) is 2. The highest BCUT2D eigenvalue weighted by atomic mass is 32.2. The average Bonchev–Trinajstić information content (AvgIpc) is 2.65. The normalized spacial score (nSPS) is 18.7. The molecule has 6 nitrogen and oxygen atoms in total. The highest BCUT2D eigenvalue weighted by Crippen LogP contribution is 2.14. The van der Waals surface area contributed by atoms with Crippen molar-refractivity contribution in [1.29, 1.82) is 0 Å². The van der Waals surface area contributed by atoms with E-state index in [0.717, 1.165) is 38.9 Å². The number of hydrogen-bond donors (Lipinski definition) is 1. The molecule has 1 aliphatic heterocycles. The Morgan fingerprint density at radius 1 is 1.22 bits per heavy atom. The molecule has 0 bridgehead atoms. The van der Waals surface area contributed by atoms with E-state index in [-0.39, 0.29) is 18.1 Å². The van der Waals surface area contributed by atoms with Crippen LogP contribution in [0.25, 0.3) is 0 Å². The van der Waals surface area contributed by atoms with Crippen molar-refractivity contribution in [2.24, 2.45) is 0 Å². The Morgan fingerprint density at radius 2 is 1.81 bits per heavy atom. The van der Waals surface area contributed by atoms with E-state index in [1.54, 1.807) is 20.9 Å². The topological polar surface area (TPSA) is 69.7 Å². The van der Waals surface area contributed by atoms with E-state index < -0.39 is 15.1 Å². The fourth-order valence-corrected chi connectivity index (χ4v) is 4.26. The number of piperidine rings is 1. The molecule has 2 amide bonds. The van der Waals surface area contributed by atoms with Gasteiger partial charge in [-0.05, 0) is 38.7 Å². The monoisotopic (exact) mass is 395 g/mol. The van der Waals surface area contributed by atoms with Crippen molar-refractivity contribution >= 4 is 15.9 Å². The van der Waals surface area contributed by atoms with Crippen LogP contribution in [0.15, 0.2) is 30.3 Å². The highest BCUT2D eigenvalue weighted by molar-refractivity contribution is 7.91. The maximum absolute atomic E-state index is 12.5. The lowest BCUT2D eigenvalue weighted by Crippen LogP contribution is -2.52. The summed E-state index contributed by atoms with van der Waals surface area (Å²) >= 11 is 0. The zero-order chi connectivity index (χ0) is 20.0. The lowest BCUT2D eigenvalue weighted by Gasteiger charge is -2.35. The van der Waals surface area contributed by atoms with Crippen LogP contribution < -0.4 is 5.32 Å². The molecule has 0 radical (unpaired) electrons. The van der Waals surface area contributed by atoms with E-state index in [0.29, 0.717) is 0 Å². The second kappa shape index (κ2) is 9.55. The first-order valence-corrected chi connectivity index (χ1v) is 11.6. The summed E-state index contributed by atoms with van der Waals surface area (Å²) in [5.74, 6) is 0. The quantitative estimate of drug-likeness (QED) is 0.768. The summed E-state index contributed by atoms with van der Waals surface area (Å²) in [6, 6.07) is 10.1. The second-order valence-electron chi connectivity index (χ2n) is 7.69. The van der Waals surface area contributed by atoms with Crippen LogP contribution in [0, 0.1) is 0 Å². The van der Waals surface area contributed by atoms with Gasteiger partial charge >= 0.3 is 6.03 Å². The number of nitrogens with one attached hydrogen (secondary N) is 1. The predicted molar refractivity (Wildman–Crippen MR) is 110 cm³/mol. The summed E-state index contributed by atoms with van der Waals surface area (Å²) in [6.07, 6.45) is 4.10. The van der Waals surface area contributed by atoms with Gasteiger partial charge in [0.1, 0.15) is 0 Å². The molecule has 1 aromatic carbocycles. The minimum Gasteiger partial charge on any atom is -0.335 e. The van der Waals surface area contributed by atoms with Crippen LogP contribution in [0.4, 0.5) is 4.79 Å². The lowest BCUT2D eigenvalue weighted by atomic mass is 10.0.